The number of fused-ring (bicyclic) bond motifs is 4. The lowest BCUT2D eigenvalue weighted by Crippen LogP contribution is -2.43. The van der Waals surface area contributed by atoms with Gasteiger partial charge in [-0.1, -0.05) is 12.5 Å². The Bertz CT molecular complexity index is 1610. The zero-order valence-corrected chi connectivity index (χ0v) is 24.3. The number of sulfonamides is 1. The maximum Gasteiger partial charge on any atom is 0.254 e. The van der Waals surface area contributed by atoms with Crippen LogP contribution in [0.25, 0.3) is 22.0 Å². The van der Waals surface area contributed by atoms with Gasteiger partial charge in [0.1, 0.15) is 0 Å². The minimum atomic E-state index is -3.68. The number of carbonyl (C=O) groups is 2. The van der Waals surface area contributed by atoms with Gasteiger partial charge >= 0.3 is 0 Å². The number of carbonyl (C=O) groups excluding carboxylic acids is 2. The normalized spacial score (nSPS) is 15.8. The minimum absolute atomic E-state index is 0.103. The van der Waals surface area contributed by atoms with Crippen LogP contribution < -0.4 is 19.7 Å². The zero-order chi connectivity index (χ0) is 28.8. The highest BCUT2D eigenvalue weighted by atomic mass is 32.2. The van der Waals surface area contributed by atoms with Crippen LogP contribution in [0.1, 0.15) is 41.6 Å². The van der Waals surface area contributed by atoms with Crippen LogP contribution in [-0.2, 0) is 20.2 Å². The van der Waals surface area contributed by atoms with Crippen molar-refractivity contribution in [1.29, 1.82) is 0 Å². The van der Waals surface area contributed by atoms with Crippen LogP contribution in [0.2, 0.25) is 0 Å². The number of nitrogens with zero attached hydrogens (tertiary/aromatic N) is 3. The highest BCUT2D eigenvalue weighted by molar-refractivity contribution is 7.92. The number of amides is 2. The molecule has 1 aliphatic heterocycles. The van der Waals surface area contributed by atoms with E-state index in [1.807, 2.05) is 37.2 Å². The fraction of sp³-hybridized carbons (Fsp3) is 0.414. The van der Waals surface area contributed by atoms with Crippen molar-refractivity contribution >= 4 is 44.1 Å². The van der Waals surface area contributed by atoms with Gasteiger partial charge in [0.05, 0.1) is 46.9 Å². The predicted molar refractivity (Wildman–Crippen MR) is 157 cm³/mol. The van der Waals surface area contributed by atoms with Gasteiger partial charge < -0.3 is 19.9 Å². The second-order valence-corrected chi connectivity index (χ2v) is 12.7. The molecule has 0 unspecified atom stereocenters. The topological polar surface area (TPSA) is 121 Å². The quantitative estimate of drug-likeness (QED) is 0.382. The second kappa shape index (κ2) is 10.4. The van der Waals surface area contributed by atoms with Crippen LogP contribution in [0.15, 0.2) is 36.5 Å². The van der Waals surface area contributed by atoms with Crippen LogP contribution in [0.3, 0.4) is 0 Å². The summed E-state index contributed by atoms with van der Waals surface area (Å²) in [6, 6.07) is 9.17. The summed E-state index contributed by atoms with van der Waals surface area (Å²) in [4.78, 5) is 34.6. The lowest BCUT2D eigenvalue weighted by molar-refractivity contribution is -0.125. The smallest absolute Gasteiger partial charge is 0.254 e. The molecule has 10 nitrogen and oxygen atoms in total. The third-order valence-electron chi connectivity index (χ3n) is 7.79. The van der Waals surface area contributed by atoms with Crippen molar-refractivity contribution in [2.75, 3.05) is 57.2 Å². The number of rotatable bonds is 9. The molecule has 1 fully saturated rings. The van der Waals surface area contributed by atoms with Gasteiger partial charge in [0, 0.05) is 31.6 Å². The number of benzene rings is 2. The average molecular weight is 566 g/mol. The summed E-state index contributed by atoms with van der Waals surface area (Å²) in [6.07, 6.45) is 6.12. The lowest BCUT2D eigenvalue weighted by Gasteiger charge is -2.37. The van der Waals surface area contributed by atoms with Crippen LogP contribution in [0.5, 0.6) is 5.75 Å². The Morgan fingerprint density at radius 2 is 1.93 bits per heavy atom. The lowest BCUT2D eigenvalue weighted by atomic mass is 9.64. The Morgan fingerprint density at radius 3 is 2.55 bits per heavy atom. The molecule has 1 saturated carbocycles. The molecule has 3 aromatic rings. The maximum atomic E-state index is 13.2. The number of likely N-dealkylation sites (N-methyl/N-ethyl adjacent to an activating group) is 1. The Kier molecular flexibility index (Phi) is 7.22. The highest BCUT2D eigenvalue weighted by Crippen LogP contribution is 2.55. The first-order valence-electron chi connectivity index (χ1n) is 13.3. The molecule has 0 bridgehead atoms. The fourth-order valence-corrected chi connectivity index (χ4v) is 6.29. The van der Waals surface area contributed by atoms with Crippen LogP contribution in [0.4, 0.5) is 11.4 Å². The molecule has 0 saturated heterocycles. The van der Waals surface area contributed by atoms with E-state index in [0.717, 1.165) is 59.8 Å². The predicted octanol–water partition coefficient (Wildman–Crippen LogP) is 3.36. The second-order valence-electron chi connectivity index (χ2n) is 10.9. The molecule has 2 aromatic carbocycles. The monoisotopic (exact) mass is 565 g/mol. The summed E-state index contributed by atoms with van der Waals surface area (Å²) in [7, 11) is 3.54. The van der Waals surface area contributed by atoms with E-state index in [1.165, 1.54) is 7.05 Å². The maximum absolute atomic E-state index is 13.2. The van der Waals surface area contributed by atoms with E-state index in [-0.39, 0.29) is 22.9 Å². The molecule has 1 aliphatic carbocycles. The van der Waals surface area contributed by atoms with Crippen LogP contribution in [-0.4, -0.2) is 77.7 Å². The SMILES string of the molecule is CNC(=O)c1cc(-c2ccc3ncc4c(c3c2)C2(CCC2)C(=O)N4C)cc(NS(C)(=O)=O)c1OCCCN(C)C. The van der Waals surface area contributed by atoms with E-state index < -0.39 is 21.3 Å². The first-order valence-corrected chi connectivity index (χ1v) is 15.2. The molecule has 1 aromatic heterocycles. The van der Waals surface area contributed by atoms with Crippen LogP contribution >= 0.6 is 0 Å². The number of hydrogen-bond donors (Lipinski definition) is 2. The molecule has 1 spiro atoms. The van der Waals surface area contributed by atoms with Crippen molar-refractivity contribution in [2.45, 2.75) is 31.1 Å². The van der Waals surface area contributed by atoms with E-state index >= 15 is 0 Å². The van der Waals surface area contributed by atoms with Gasteiger partial charge in [-0.2, -0.15) is 0 Å². The summed E-state index contributed by atoms with van der Waals surface area (Å²) in [5, 5.41) is 3.53. The van der Waals surface area contributed by atoms with Crippen molar-refractivity contribution in [3.8, 4) is 16.9 Å². The van der Waals surface area contributed by atoms with Gasteiger partial charge in [-0.15, -0.1) is 0 Å². The van der Waals surface area contributed by atoms with Gasteiger partial charge in [-0.25, -0.2) is 8.42 Å². The van der Waals surface area contributed by atoms with Crippen molar-refractivity contribution in [1.82, 2.24) is 15.2 Å². The van der Waals surface area contributed by atoms with Crippen molar-refractivity contribution in [2.24, 2.45) is 0 Å². The Hall–Kier alpha value is -3.70. The molecule has 0 atom stereocenters. The first kappa shape index (κ1) is 27.9. The van der Waals surface area contributed by atoms with E-state index in [0.29, 0.717) is 18.6 Å². The minimum Gasteiger partial charge on any atom is -0.490 e. The Balaban J connectivity index is 1.66. The first-order chi connectivity index (χ1) is 18.9. The number of pyridine rings is 1. The molecule has 2 amide bonds. The Labute approximate surface area is 234 Å². The highest BCUT2D eigenvalue weighted by Gasteiger charge is 2.54. The fourth-order valence-electron chi connectivity index (χ4n) is 5.74. The van der Waals surface area contributed by atoms with E-state index in [9.17, 15) is 18.0 Å². The van der Waals surface area contributed by atoms with Crippen molar-refractivity contribution < 1.29 is 22.7 Å². The Morgan fingerprint density at radius 1 is 1.18 bits per heavy atom. The van der Waals surface area contributed by atoms with Crippen LogP contribution in [0, 0.1) is 0 Å². The molecular weight excluding hydrogens is 530 g/mol. The number of nitrogens with one attached hydrogen (secondary N) is 2. The molecule has 40 heavy (non-hydrogen) atoms. The molecule has 212 valence electrons. The van der Waals surface area contributed by atoms with Gasteiger partial charge in [0.2, 0.25) is 15.9 Å². The molecule has 11 heteroatoms. The van der Waals surface area contributed by atoms with E-state index in [1.54, 1.807) is 30.3 Å². The molecule has 2 heterocycles. The summed E-state index contributed by atoms with van der Waals surface area (Å²) in [5.41, 5.74) is 3.87. The third kappa shape index (κ3) is 4.88. The van der Waals surface area contributed by atoms with Crippen molar-refractivity contribution in [3.05, 3.63) is 47.7 Å². The van der Waals surface area contributed by atoms with E-state index in [2.05, 4.69) is 15.0 Å². The van der Waals surface area contributed by atoms with Gasteiger partial charge in [0.15, 0.2) is 5.75 Å². The van der Waals surface area contributed by atoms with Crippen molar-refractivity contribution in [3.63, 3.8) is 0 Å². The number of ether oxygens (including phenoxy) is 1. The summed E-state index contributed by atoms with van der Waals surface area (Å²) in [6.45, 7) is 1.08. The molecule has 0 radical (unpaired) electrons. The zero-order valence-electron chi connectivity index (χ0n) is 23.5. The summed E-state index contributed by atoms with van der Waals surface area (Å²) >= 11 is 0. The summed E-state index contributed by atoms with van der Waals surface area (Å²) in [5.74, 6) is -0.118. The number of anilines is 2. The van der Waals surface area contributed by atoms with Gasteiger partial charge in [-0.3, -0.25) is 19.3 Å². The number of hydrogen-bond acceptors (Lipinski definition) is 7. The van der Waals surface area contributed by atoms with E-state index in [4.69, 9.17) is 4.74 Å². The van der Waals surface area contributed by atoms with Gasteiger partial charge in [0.25, 0.3) is 5.91 Å². The molecule has 2 aliphatic rings. The molecule has 5 rings (SSSR count). The molecular formula is C29H35N5O5S. The largest absolute Gasteiger partial charge is 0.490 e. The standard InChI is InChI=1S/C29H35N5O5S/c1-30-27(35)21-15-19(16-23(32-40(5,37)38)26(21)39-13-7-12-33(2)3)18-8-9-22-20(14-18)25-24(17-31-22)34(4)28(36)29(25)10-6-11-29/h8-9,14-17,32H,6-7,10-13H2,1-5H3,(H,30,35). The average Bonchev–Trinajstić information content (AvgIpc) is 3.12. The number of aromatic nitrogens is 1. The summed E-state index contributed by atoms with van der Waals surface area (Å²) < 4.78 is 33.2. The third-order valence-corrected chi connectivity index (χ3v) is 8.39. The molecule has 2 N–H and O–H groups in total. The van der Waals surface area contributed by atoms with Gasteiger partial charge in [-0.05, 0) is 68.8 Å².